The second-order valence-electron chi connectivity index (χ2n) is 5.34. The summed E-state index contributed by atoms with van der Waals surface area (Å²) in [6, 6.07) is 4.69. The molecule has 0 aliphatic carbocycles. The maximum absolute atomic E-state index is 4.70. The van der Waals surface area contributed by atoms with Crippen LogP contribution >= 0.6 is 0 Å². The van der Waals surface area contributed by atoms with Crippen LogP contribution in [0.1, 0.15) is 12.0 Å². The molecule has 0 saturated carbocycles. The standard InChI is InChI=1S/C13H17N5/c1-9-3-2-5-18-12(9)15-13(16-18)17-6-4-10-7-14-8-11(10)17/h2-3,5,10-11,14H,4,6-8H2,1H3/t10-,11+/m0/s1. The van der Waals surface area contributed by atoms with Gasteiger partial charge in [-0.15, -0.1) is 5.10 Å². The largest absolute Gasteiger partial charge is 0.335 e. The zero-order valence-corrected chi connectivity index (χ0v) is 10.5. The molecule has 2 saturated heterocycles. The lowest BCUT2D eigenvalue weighted by Gasteiger charge is -2.21. The minimum absolute atomic E-state index is 0.586. The Morgan fingerprint density at radius 1 is 1.39 bits per heavy atom. The van der Waals surface area contributed by atoms with Crippen molar-refractivity contribution in [3.05, 3.63) is 23.9 Å². The maximum atomic E-state index is 4.70. The molecule has 1 N–H and O–H groups in total. The normalized spacial score (nSPS) is 27.1. The maximum Gasteiger partial charge on any atom is 0.245 e. The number of aromatic nitrogens is 3. The quantitative estimate of drug-likeness (QED) is 0.806. The van der Waals surface area contributed by atoms with E-state index in [1.54, 1.807) is 0 Å². The van der Waals surface area contributed by atoms with E-state index in [1.165, 1.54) is 12.0 Å². The summed E-state index contributed by atoms with van der Waals surface area (Å²) in [4.78, 5) is 7.08. The molecule has 0 bridgehead atoms. The molecule has 2 aliphatic rings. The number of hydrogen-bond acceptors (Lipinski definition) is 4. The zero-order chi connectivity index (χ0) is 12.1. The lowest BCUT2D eigenvalue weighted by Crippen LogP contribution is -2.34. The summed E-state index contributed by atoms with van der Waals surface area (Å²) in [6.45, 7) is 5.39. The van der Waals surface area contributed by atoms with Crippen molar-refractivity contribution in [1.82, 2.24) is 19.9 Å². The molecule has 5 heteroatoms. The van der Waals surface area contributed by atoms with Gasteiger partial charge in [-0.25, -0.2) is 4.52 Å². The number of pyridine rings is 1. The van der Waals surface area contributed by atoms with Crippen LogP contribution in [0.15, 0.2) is 18.3 Å². The van der Waals surface area contributed by atoms with Gasteiger partial charge in [0, 0.05) is 31.9 Å². The second kappa shape index (κ2) is 3.68. The van der Waals surface area contributed by atoms with E-state index in [-0.39, 0.29) is 0 Å². The number of hydrogen-bond donors (Lipinski definition) is 1. The fraction of sp³-hybridized carbons (Fsp3) is 0.538. The van der Waals surface area contributed by atoms with Gasteiger partial charge in [-0.3, -0.25) is 0 Å². The molecule has 4 heterocycles. The molecule has 0 amide bonds. The van der Waals surface area contributed by atoms with E-state index in [0.29, 0.717) is 6.04 Å². The number of nitrogens with zero attached hydrogens (tertiary/aromatic N) is 4. The number of nitrogens with one attached hydrogen (secondary N) is 1. The Morgan fingerprint density at radius 2 is 2.33 bits per heavy atom. The Hall–Kier alpha value is -1.62. The van der Waals surface area contributed by atoms with Crippen LogP contribution in [0, 0.1) is 12.8 Å². The summed E-state index contributed by atoms with van der Waals surface area (Å²) in [5.74, 6) is 1.67. The Kier molecular flexibility index (Phi) is 2.11. The monoisotopic (exact) mass is 243 g/mol. The molecule has 2 aliphatic heterocycles. The van der Waals surface area contributed by atoms with E-state index in [1.807, 2.05) is 16.8 Å². The predicted molar refractivity (Wildman–Crippen MR) is 69.8 cm³/mol. The molecule has 0 radical (unpaired) electrons. The molecular formula is C13H17N5. The number of rotatable bonds is 1. The van der Waals surface area contributed by atoms with Gasteiger partial charge in [0.15, 0.2) is 5.65 Å². The third-order valence-corrected chi connectivity index (χ3v) is 4.25. The molecule has 0 spiro atoms. The van der Waals surface area contributed by atoms with Crippen LogP contribution < -0.4 is 10.2 Å². The fourth-order valence-corrected chi connectivity index (χ4v) is 3.25. The van der Waals surface area contributed by atoms with Gasteiger partial charge >= 0.3 is 0 Å². The number of aryl methyl sites for hydroxylation is 1. The van der Waals surface area contributed by atoms with Crippen molar-refractivity contribution in [3.63, 3.8) is 0 Å². The fourth-order valence-electron chi connectivity index (χ4n) is 3.25. The van der Waals surface area contributed by atoms with Crippen LogP contribution in [0.5, 0.6) is 0 Å². The highest BCUT2D eigenvalue weighted by Gasteiger charge is 2.39. The molecule has 2 fully saturated rings. The average Bonchev–Trinajstić information content (AvgIpc) is 3.02. The van der Waals surface area contributed by atoms with Gasteiger partial charge in [0.2, 0.25) is 5.95 Å². The summed E-state index contributed by atoms with van der Waals surface area (Å²) in [7, 11) is 0. The average molecular weight is 243 g/mol. The summed E-state index contributed by atoms with van der Waals surface area (Å²) in [6.07, 6.45) is 3.23. The van der Waals surface area contributed by atoms with Crippen molar-refractivity contribution in [1.29, 1.82) is 0 Å². The number of anilines is 1. The molecule has 2 aromatic rings. The highest BCUT2D eigenvalue weighted by atomic mass is 15.4. The van der Waals surface area contributed by atoms with Gasteiger partial charge in [0.25, 0.3) is 0 Å². The first kappa shape index (κ1) is 10.3. The molecule has 2 atom stereocenters. The van der Waals surface area contributed by atoms with Gasteiger partial charge in [-0.05, 0) is 30.9 Å². The smallest absolute Gasteiger partial charge is 0.245 e. The molecule has 94 valence electrons. The first-order valence-electron chi connectivity index (χ1n) is 6.62. The first-order valence-corrected chi connectivity index (χ1v) is 6.62. The van der Waals surface area contributed by atoms with Crippen molar-refractivity contribution >= 4 is 11.6 Å². The SMILES string of the molecule is Cc1cccn2nc(N3CC[C@H]4CNC[C@H]43)nc12. The Balaban J connectivity index is 1.76. The lowest BCUT2D eigenvalue weighted by atomic mass is 10.1. The van der Waals surface area contributed by atoms with Crippen LogP contribution in [0.4, 0.5) is 5.95 Å². The van der Waals surface area contributed by atoms with E-state index in [2.05, 4.69) is 28.3 Å². The Labute approximate surface area is 106 Å². The molecule has 0 aromatic carbocycles. The third-order valence-electron chi connectivity index (χ3n) is 4.25. The highest BCUT2D eigenvalue weighted by Crippen LogP contribution is 2.30. The van der Waals surface area contributed by atoms with Crippen molar-refractivity contribution in [2.75, 3.05) is 24.5 Å². The molecule has 2 aromatic heterocycles. The summed E-state index contributed by atoms with van der Waals surface area (Å²) < 4.78 is 1.89. The second-order valence-corrected chi connectivity index (χ2v) is 5.34. The van der Waals surface area contributed by atoms with E-state index >= 15 is 0 Å². The van der Waals surface area contributed by atoms with E-state index in [0.717, 1.165) is 37.1 Å². The van der Waals surface area contributed by atoms with Gasteiger partial charge < -0.3 is 10.2 Å². The third kappa shape index (κ3) is 1.37. The van der Waals surface area contributed by atoms with Crippen LogP contribution in [-0.2, 0) is 0 Å². The molecule has 0 unspecified atom stereocenters. The molecule has 4 rings (SSSR count). The molecule has 5 nitrogen and oxygen atoms in total. The van der Waals surface area contributed by atoms with Crippen molar-refractivity contribution in [3.8, 4) is 0 Å². The van der Waals surface area contributed by atoms with Crippen molar-refractivity contribution < 1.29 is 0 Å². The van der Waals surface area contributed by atoms with Gasteiger partial charge in [0.05, 0.1) is 0 Å². The summed E-state index contributed by atoms with van der Waals surface area (Å²) >= 11 is 0. The number of fused-ring (bicyclic) bond motifs is 2. The minimum atomic E-state index is 0.586. The van der Waals surface area contributed by atoms with E-state index in [4.69, 9.17) is 4.98 Å². The Bertz CT molecular complexity index is 590. The van der Waals surface area contributed by atoms with Crippen LogP contribution in [0.3, 0.4) is 0 Å². The van der Waals surface area contributed by atoms with Crippen LogP contribution in [-0.4, -0.2) is 40.3 Å². The van der Waals surface area contributed by atoms with Gasteiger partial charge in [0.1, 0.15) is 0 Å². The molecular weight excluding hydrogens is 226 g/mol. The lowest BCUT2D eigenvalue weighted by molar-refractivity contribution is 0.576. The minimum Gasteiger partial charge on any atom is -0.335 e. The summed E-state index contributed by atoms with van der Waals surface area (Å²) in [5, 5.41) is 8.08. The Morgan fingerprint density at radius 3 is 3.22 bits per heavy atom. The zero-order valence-electron chi connectivity index (χ0n) is 10.5. The predicted octanol–water partition coefficient (Wildman–Crippen LogP) is 0.836. The van der Waals surface area contributed by atoms with Gasteiger partial charge in [-0.2, -0.15) is 4.98 Å². The van der Waals surface area contributed by atoms with Crippen LogP contribution in [0.25, 0.3) is 5.65 Å². The van der Waals surface area contributed by atoms with Gasteiger partial charge in [-0.1, -0.05) is 6.07 Å². The van der Waals surface area contributed by atoms with Crippen molar-refractivity contribution in [2.45, 2.75) is 19.4 Å². The van der Waals surface area contributed by atoms with Crippen LogP contribution in [0.2, 0.25) is 0 Å². The molecule has 18 heavy (non-hydrogen) atoms. The summed E-state index contributed by atoms with van der Waals surface area (Å²) in [5.41, 5.74) is 2.15. The highest BCUT2D eigenvalue weighted by molar-refractivity contribution is 5.51. The van der Waals surface area contributed by atoms with Crippen molar-refractivity contribution in [2.24, 2.45) is 5.92 Å². The van der Waals surface area contributed by atoms with E-state index < -0.39 is 0 Å². The first-order chi connectivity index (χ1) is 8.83. The van der Waals surface area contributed by atoms with E-state index in [9.17, 15) is 0 Å². The topological polar surface area (TPSA) is 45.5 Å².